The van der Waals surface area contributed by atoms with Crippen LogP contribution in [0.5, 0.6) is 0 Å². The van der Waals surface area contributed by atoms with E-state index in [0.717, 1.165) is 52.2 Å². The highest BCUT2D eigenvalue weighted by Gasteiger charge is 2.37. The average Bonchev–Trinajstić information content (AvgIpc) is 2.65. The minimum Gasteiger partial charge on any atom is -0.481 e. The number of carboxylic acids is 1. The number of nitrogens with zero attached hydrogens (tertiary/aromatic N) is 3. The first kappa shape index (κ1) is 19.4. The van der Waals surface area contributed by atoms with Crippen LogP contribution in [-0.4, -0.2) is 83.2 Å². The summed E-state index contributed by atoms with van der Waals surface area (Å²) in [5, 5.41) is 8.93. The topological polar surface area (TPSA) is 47.0 Å². The number of carboxylic acid groups (broad SMARTS) is 1. The third-order valence-corrected chi connectivity index (χ3v) is 5.18. The minimum atomic E-state index is -0.691. The Hall–Kier alpha value is -0.650. The van der Waals surface area contributed by atoms with Crippen LogP contribution in [0, 0.1) is 0 Å². The molecule has 22 heavy (non-hydrogen) atoms. The lowest BCUT2D eigenvalue weighted by Crippen LogP contribution is -2.58. The smallest absolute Gasteiger partial charge is 0.303 e. The first-order valence-corrected chi connectivity index (χ1v) is 8.79. The molecule has 1 aliphatic rings. The van der Waals surface area contributed by atoms with Gasteiger partial charge in [0.15, 0.2) is 0 Å². The Morgan fingerprint density at radius 2 is 1.86 bits per heavy atom. The molecule has 0 bridgehead atoms. The van der Waals surface area contributed by atoms with Crippen molar-refractivity contribution >= 4 is 5.97 Å². The Balaban J connectivity index is 2.85. The van der Waals surface area contributed by atoms with E-state index in [2.05, 4.69) is 49.3 Å². The molecule has 1 rings (SSSR count). The van der Waals surface area contributed by atoms with Gasteiger partial charge in [0.05, 0.1) is 0 Å². The molecular weight excluding hydrogens is 278 g/mol. The van der Waals surface area contributed by atoms with E-state index in [4.69, 9.17) is 5.11 Å². The van der Waals surface area contributed by atoms with Gasteiger partial charge in [0, 0.05) is 44.2 Å². The van der Waals surface area contributed by atoms with Crippen LogP contribution in [0.4, 0.5) is 0 Å². The molecule has 0 aromatic carbocycles. The number of carbonyl (C=O) groups is 1. The zero-order valence-electron chi connectivity index (χ0n) is 15.1. The molecule has 0 amide bonds. The van der Waals surface area contributed by atoms with Gasteiger partial charge in [0.25, 0.3) is 0 Å². The monoisotopic (exact) mass is 313 g/mol. The molecule has 0 spiro atoms. The Labute approximate surface area is 136 Å². The van der Waals surface area contributed by atoms with E-state index in [0.29, 0.717) is 6.04 Å². The van der Waals surface area contributed by atoms with E-state index in [1.807, 2.05) is 0 Å². The Kier molecular flexibility index (Phi) is 7.80. The molecule has 2 unspecified atom stereocenters. The van der Waals surface area contributed by atoms with Crippen molar-refractivity contribution in [3.8, 4) is 0 Å². The standard InChI is InChI=1S/C17H35N3O2/c1-6-18-11-12-19(15(4)9-10-16(21)22)14-17(5,13-18)20(7-2)8-3/h15H,6-14H2,1-5H3,(H,21,22). The lowest BCUT2D eigenvalue weighted by molar-refractivity contribution is -0.137. The molecule has 0 aliphatic carbocycles. The summed E-state index contributed by atoms with van der Waals surface area (Å²) in [7, 11) is 0. The maximum absolute atomic E-state index is 10.8. The predicted molar refractivity (Wildman–Crippen MR) is 91.3 cm³/mol. The van der Waals surface area contributed by atoms with Crippen LogP contribution >= 0.6 is 0 Å². The summed E-state index contributed by atoms with van der Waals surface area (Å²) in [4.78, 5) is 18.4. The van der Waals surface area contributed by atoms with Crippen LogP contribution in [0.2, 0.25) is 0 Å². The van der Waals surface area contributed by atoms with E-state index in [1.165, 1.54) is 0 Å². The summed E-state index contributed by atoms with van der Waals surface area (Å²) >= 11 is 0. The highest BCUT2D eigenvalue weighted by Crippen LogP contribution is 2.23. The summed E-state index contributed by atoms with van der Waals surface area (Å²) < 4.78 is 0. The number of hydrogen-bond donors (Lipinski definition) is 1. The molecule has 5 heteroatoms. The first-order chi connectivity index (χ1) is 10.4. The van der Waals surface area contributed by atoms with E-state index in [-0.39, 0.29) is 12.0 Å². The second-order valence-corrected chi connectivity index (χ2v) is 6.79. The largest absolute Gasteiger partial charge is 0.481 e. The summed E-state index contributed by atoms with van der Waals surface area (Å²) in [5.41, 5.74) is 0.132. The molecule has 1 N–H and O–H groups in total. The molecule has 2 atom stereocenters. The summed E-state index contributed by atoms with van der Waals surface area (Å²) in [6.07, 6.45) is 0.993. The normalized spacial score (nSPS) is 26.1. The zero-order chi connectivity index (χ0) is 16.8. The Morgan fingerprint density at radius 3 is 2.36 bits per heavy atom. The molecule has 1 heterocycles. The maximum Gasteiger partial charge on any atom is 0.303 e. The second-order valence-electron chi connectivity index (χ2n) is 6.79. The van der Waals surface area contributed by atoms with Crippen molar-refractivity contribution in [3.05, 3.63) is 0 Å². The van der Waals surface area contributed by atoms with Crippen molar-refractivity contribution in [1.82, 2.24) is 14.7 Å². The van der Waals surface area contributed by atoms with Gasteiger partial charge in [0.2, 0.25) is 0 Å². The van der Waals surface area contributed by atoms with E-state index < -0.39 is 5.97 Å². The van der Waals surface area contributed by atoms with Crippen molar-refractivity contribution in [2.45, 2.75) is 59.0 Å². The molecule has 1 aliphatic heterocycles. The molecule has 1 saturated heterocycles. The highest BCUT2D eigenvalue weighted by atomic mass is 16.4. The van der Waals surface area contributed by atoms with E-state index in [9.17, 15) is 4.79 Å². The van der Waals surface area contributed by atoms with Crippen LogP contribution in [-0.2, 0) is 4.79 Å². The van der Waals surface area contributed by atoms with Crippen molar-refractivity contribution in [2.24, 2.45) is 0 Å². The van der Waals surface area contributed by atoms with Gasteiger partial charge in [0.1, 0.15) is 0 Å². The number of hydrogen-bond acceptors (Lipinski definition) is 4. The van der Waals surface area contributed by atoms with Gasteiger partial charge in [-0.2, -0.15) is 0 Å². The molecule has 1 fully saturated rings. The van der Waals surface area contributed by atoms with Gasteiger partial charge in [-0.05, 0) is 39.9 Å². The predicted octanol–water partition coefficient (Wildman–Crippen LogP) is 1.98. The van der Waals surface area contributed by atoms with Crippen molar-refractivity contribution in [2.75, 3.05) is 45.8 Å². The molecule has 130 valence electrons. The average molecular weight is 313 g/mol. The van der Waals surface area contributed by atoms with Crippen LogP contribution in [0.25, 0.3) is 0 Å². The second kappa shape index (κ2) is 8.85. The van der Waals surface area contributed by atoms with Gasteiger partial charge in [-0.15, -0.1) is 0 Å². The van der Waals surface area contributed by atoms with Crippen molar-refractivity contribution in [3.63, 3.8) is 0 Å². The molecule has 0 aromatic rings. The summed E-state index contributed by atoms with van der Waals surface area (Å²) in [6, 6.07) is 0.322. The van der Waals surface area contributed by atoms with Crippen LogP contribution in [0.15, 0.2) is 0 Å². The summed E-state index contributed by atoms with van der Waals surface area (Å²) in [6.45, 7) is 18.6. The third kappa shape index (κ3) is 5.21. The van der Waals surface area contributed by atoms with Crippen LogP contribution in [0.1, 0.15) is 47.5 Å². The van der Waals surface area contributed by atoms with Gasteiger partial charge >= 0.3 is 5.97 Å². The zero-order valence-corrected chi connectivity index (χ0v) is 15.1. The van der Waals surface area contributed by atoms with Crippen molar-refractivity contribution < 1.29 is 9.90 Å². The SMILES string of the molecule is CCN1CCN(C(C)CCC(=O)O)CC(C)(N(CC)CC)C1. The molecule has 5 nitrogen and oxygen atoms in total. The molecule has 0 radical (unpaired) electrons. The molecular formula is C17H35N3O2. The molecule has 0 saturated carbocycles. The van der Waals surface area contributed by atoms with Gasteiger partial charge < -0.3 is 10.0 Å². The lowest BCUT2D eigenvalue weighted by atomic mass is 9.97. The fourth-order valence-corrected chi connectivity index (χ4v) is 3.75. The molecule has 0 aromatic heterocycles. The summed E-state index contributed by atoms with van der Waals surface area (Å²) in [5.74, 6) is -0.691. The first-order valence-electron chi connectivity index (χ1n) is 8.79. The van der Waals surface area contributed by atoms with Crippen molar-refractivity contribution in [1.29, 1.82) is 0 Å². The number of rotatable bonds is 8. The minimum absolute atomic E-state index is 0.132. The Bertz CT molecular complexity index is 347. The fraction of sp³-hybridized carbons (Fsp3) is 0.941. The van der Waals surface area contributed by atoms with Crippen LogP contribution < -0.4 is 0 Å². The van der Waals surface area contributed by atoms with Gasteiger partial charge in [-0.3, -0.25) is 14.6 Å². The third-order valence-electron chi connectivity index (χ3n) is 5.18. The Morgan fingerprint density at radius 1 is 1.23 bits per heavy atom. The van der Waals surface area contributed by atoms with Gasteiger partial charge in [-0.1, -0.05) is 20.8 Å². The fourth-order valence-electron chi connectivity index (χ4n) is 3.75. The quantitative estimate of drug-likeness (QED) is 0.742. The maximum atomic E-state index is 10.8. The highest BCUT2D eigenvalue weighted by molar-refractivity contribution is 5.66. The van der Waals surface area contributed by atoms with Gasteiger partial charge in [-0.25, -0.2) is 0 Å². The van der Waals surface area contributed by atoms with E-state index >= 15 is 0 Å². The lowest BCUT2D eigenvalue weighted by Gasteiger charge is -2.44. The van der Waals surface area contributed by atoms with Crippen LogP contribution in [0.3, 0.4) is 0 Å². The van der Waals surface area contributed by atoms with E-state index in [1.54, 1.807) is 0 Å². The number of likely N-dealkylation sites (N-methyl/N-ethyl adjacent to an activating group) is 2. The number of aliphatic carboxylic acids is 1.